The summed E-state index contributed by atoms with van der Waals surface area (Å²) < 4.78 is 29.0. The molecule has 116 valence electrons. The summed E-state index contributed by atoms with van der Waals surface area (Å²) >= 11 is 0. The van der Waals surface area contributed by atoms with E-state index in [2.05, 4.69) is 14.8 Å². The zero-order chi connectivity index (χ0) is 16.0. The van der Waals surface area contributed by atoms with E-state index in [1.54, 1.807) is 0 Å². The number of benzene rings is 1. The largest absolute Gasteiger partial charge is 0.479 e. The lowest BCUT2D eigenvalue weighted by atomic mass is 10.2. The van der Waals surface area contributed by atoms with Gasteiger partial charge in [0.15, 0.2) is 6.10 Å². The van der Waals surface area contributed by atoms with Crippen LogP contribution in [0.4, 0.5) is 5.69 Å². The molecule has 1 rings (SSSR count). The van der Waals surface area contributed by atoms with E-state index in [1.807, 2.05) is 0 Å². The zero-order valence-electron chi connectivity index (χ0n) is 11.5. The third-order valence-corrected chi connectivity index (χ3v) is 3.06. The number of carboxylic acid groups (broad SMARTS) is 1. The lowest BCUT2D eigenvalue weighted by Gasteiger charge is -2.11. The zero-order valence-corrected chi connectivity index (χ0v) is 12.3. The van der Waals surface area contributed by atoms with Gasteiger partial charge in [0.1, 0.15) is 0 Å². The number of sulfonamides is 1. The SMILES string of the molecule is COC(CNC(=O)c1ccc(NS(C)(=O)=O)cc1)C(=O)O. The van der Waals surface area contributed by atoms with Crippen molar-refractivity contribution in [2.45, 2.75) is 6.10 Å². The van der Waals surface area contributed by atoms with E-state index in [1.165, 1.54) is 31.4 Å². The van der Waals surface area contributed by atoms with Gasteiger partial charge in [0, 0.05) is 18.4 Å². The minimum Gasteiger partial charge on any atom is -0.479 e. The Hall–Kier alpha value is -2.13. The first kappa shape index (κ1) is 16.9. The second-order valence-electron chi connectivity index (χ2n) is 4.22. The van der Waals surface area contributed by atoms with Crippen LogP contribution in [0.5, 0.6) is 0 Å². The summed E-state index contributed by atoms with van der Waals surface area (Å²) in [4.78, 5) is 22.5. The summed E-state index contributed by atoms with van der Waals surface area (Å²) in [5, 5.41) is 11.2. The number of methoxy groups -OCH3 is 1. The maximum absolute atomic E-state index is 11.8. The molecule has 0 radical (unpaired) electrons. The quantitative estimate of drug-likeness (QED) is 0.645. The predicted octanol–water partition coefficient (Wildman–Crippen LogP) is -0.112. The van der Waals surface area contributed by atoms with E-state index >= 15 is 0 Å². The van der Waals surface area contributed by atoms with Gasteiger partial charge in [-0.15, -0.1) is 0 Å². The molecule has 0 heterocycles. The molecular formula is C12H16N2O6S. The molecule has 1 aromatic rings. The lowest BCUT2D eigenvalue weighted by Crippen LogP contribution is -2.37. The molecule has 0 saturated carbocycles. The van der Waals surface area contributed by atoms with Crippen LogP contribution in [0.25, 0.3) is 0 Å². The minimum atomic E-state index is -3.38. The third kappa shape index (κ3) is 5.79. The Bertz CT molecular complexity index is 611. The van der Waals surface area contributed by atoms with Gasteiger partial charge in [-0.25, -0.2) is 13.2 Å². The van der Waals surface area contributed by atoms with Crippen molar-refractivity contribution in [3.63, 3.8) is 0 Å². The minimum absolute atomic E-state index is 0.173. The van der Waals surface area contributed by atoms with E-state index in [4.69, 9.17) is 5.11 Å². The molecule has 21 heavy (non-hydrogen) atoms. The number of anilines is 1. The highest BCUT2D eigenvalue weighted by molar-refractivity contribution is 7.92. The standard InChI is InChI=1S/C12H16N2O6S/c1-20-10(12(16)17)7-13-11(15)8-3-5-9(6-4-8)14-21(2,18)19/h3-6,10,14H,7H2,1-2H3,(H,13,15)(H,16,17). The van der Waals surface area contributed by atoms with Crippen molar-refractivity contribution in [3.05, 3.63) is 29.8 Å². The number of ether oxygens (including phenoxy) is 1. The van der Waals surface area contributed by atoms with Crippen LogP contribution in [-0.2, 0) is 19.6 Å². The average molecular weight is 316 g/mol. The van der Waals surface area contributed by atoms with Crippen LogP contribution in [0.2, 0.25) is 0 Å². The molecule has 8 nitrogen and oxygen atoms in total. The van der Waals surface area contributed by atoms with E-state index in [9.17, 15) is 18.0 Å². The molecule has 9 heteroatoms. The van der Waals surface area contributed by atoms with E-state index in [-0.39, 0.29) is 12.1 Å². The van der Waals surface area contributed by atoms with E-state index in [0.717, 1.165) is 6.26 Å². The number of carbonyl (C=O) groups is 2. The summed E-state index contributed by atoms with van der Waals surface area (Å²) in [6.07, 6.45) is -0.107. The fraction of sp³-hybridized carbons (Fsp3) is 0.333. The molecule has 1 unspecified atom stereocenters. The summed E-state index contributed by atoms with van der Waals surface area (Å²) in [6.45, 7) is -0.173. The first-order chi connectivity index (χ1) is 9.73. The van der Waals surface area contributed by atoms with Crippen molar-refractivity contribution in [3.8, 4) is 0 Å². The molecule has 3 N–H and O–H groups in total. The van der Waals surface area contributed by atoms with Crippen molar-refractivity contribution >= 4 is 27.6 Å². The highest BCUT2D eigenvalue weighted by Gasteiger charge is 2.17. The summed E-state index contributed by atoms with van der Waals surface area (Å²) in [7, 11) is -2.14. The van der Waals surface area contributed by atoms with Crippen LogP contribution >= 0.6 is 0 Å². The van der Waals surface area contributed by atoms with Gasteiger partial charge in [0.2, 0.25) is 10.0 Å². The van der Waals surface area contributed by atoms with Gasteiger partial charge in [-0.1, -0.05) is 0 Å². The number of aliphatic carboxylic acids is 1. The van der Waals surface area contributed by atoms with Gasteiger partial charge in [-0.05, 0) is 24.3 Å². The fourth-order valence-electron chi connectivity index (χ4n) is 1.46. The van der Waals surface area contributed by atoms with Crippen LogP contribution < -0.4 is 10.0 Å². The molecule has 0 fully saturated rings. The van der Waals surface area contributed by atoms with E-state index < -0.39 is 28.0 Å². The number of amides is 1. The molecular weight excluding hydrogens is 300 g/mol. The Balaban J connectivity index is 2.65. The Kier molecular flexibility index (Phi) is 5.68. The predicted molar refractivity (Wildman–Crippen MR) is 75.7 cm³/mol. The van der Waals surface area contributed by atoms with Crippen molar-refractivity contribution in [2.24, 2.45) is 0 Å². The van der Waals surface area contributed by atoms with Crippen molar-refractivity contribution in [2.75, 3.05) is 24.6 Å². The number of nitrogens with one attached hydrogen (secondary N) is 2. The van der Waals surface area contributed by atoms with Gasteiger partial charge in [-0.3, -0.25) is 9.52 Å². The van der Waals surface area contributed by atoms with Crippen LogP contribution in [0.15, 0.2) is 24.3 Å². The van der Waals surface area contributed by atoms with Crippen molar-refractivity contribution in [1.82, 2.24) is 5.32 Å². The van der Waals surface area contributed by atoms with Crippen LogP contribution in [-0.4, -0.2) is 51.4 Å². The molecule has 1 atom stereocenters. The lowest BCUT2D eigenvalue weighted by molar-refractivity contribution is -0.148. The maximum atomic E-state index is 11.8. The number of carboxylic acids is 1. The number of hydrogen-bond acceptors (Lipinski definition) is 5. The van der Waals surface area contributed by atoms with Crippen LogP contribution in [0, 0.1) is 0 Å². The Morgan fingerprint density at radius 2 is 1.86 bits per heavy atom. The van der Waals surface area contributed by atoms with Gasteiger partial charge >= 0.3 is 5.97 Å². The second-order valence-corrected chi connectivity index (χ2v) is 5.97. The molecule has 0 aromatic heterocycles. The van der Waals surface area contributed by atoms with Gasteiger partial charge in [0.25, 0.3) is 5.91 Å². The van der Waals surface area contributed by atoms with Crippen molar-refractivity contribution in [1.29, 1.82) is 0 Å². The highest BCUT2D eigenvalue weighted by Crippen LogP contribution is 2.10. The van der Waals surface area contributed by atoms with Crippen molar-refractivity contribution < 1.29 is 27.9 Å². The molecule has 0 aliphatic rings. The monoisotopic (exact) mass is 316 g/mol. The molecule has 0 saturated heterocycles. The number of rotatable bonds is 7. The molecule has 1 aromatic carbocycles. The smallest absolute Gasteiger partial charge is 0.334 e. The first-order valence-electron chi connectivity index (χ1n) is 5.84. The Labute approximate surface area is 122 Å². The Morgan fingerprint density at radius 3 is 2.29 bits per heavy atom. The maximum Gasteiger partial charge on any atom is 0.334 e. The molecule has 1 amide bonds. The Morgan fingerprint density at radius 1 is 1.29 bits per heavy atom. The summed E-state index contributed by atoms with van der Waals surface area (Å²) in [6, 6.07) is 5.71. The summed E-state index contributed by atoms with van der Waals surface area (Å²) in [5.74, 6) is -1.66. The van der Waals surface area contributed by atoms with Gasteiger partial charge < -0.3 is 15.2 Å². The third-order valence-electron chi connectivity index (χ3n) is 2.46. The average Bonchev–Trinajstić information content (AvgIpc) is 2.37. The number of carbonyl (C=O) groups excluding carboxylic acids is 1. The fourth-order valence-corrected chi connectivity index (χ4v) is 2.03. The van der Waals surface area contributed by atoms with Crippen LogP contribution in [0.1, 0.15) is 10.4 Å². The second kappa shape index (κ2) is 7.04. The highest BCUT2D eigenvalue weighted by atomic mass is 32.2. The molecule has 0 aliphatic heterocycles. The van der Waals surface area contributed by atoms with Gasteiger partial charge in [0.05, 0.1) is 12.8 Å². The molecule has 0 bridgehead atoms. The normalized spacial score (nSPS) is 12.5. The summed E-state index contributed by atoms with van der Waals surface area (Å²) in [5.41, 5.74) is 0.601. The number of hydrogen-bond donors (Lipinski definition) is 3. The van der Waals surface area contributed by atoms with E-state index in [0.29, 0.717) is 5.69 Å². The van der Waals surface area contributed by atoms with Crippen LogP contribution in [0.3, 0.4) is 0 Å². The molecule has 0 spiro atoms. The topological polar surface area (TPSA) is 122 Å². The first-order valence-corrected chi connectivity index (χ1v) is 7.73. The van der Waals surface area contributed by atoms with Gasteiger partial charge in [-0.2, -0.15) is 0 Å². The molecule has 0 aliphatic carbocycles.